The van der Waals surface area contributed by atoms with Gasteiger partial charge >= 0.3 is 0 Å². The number of aromatic amines is 1. The van der Waals surface area contributed by atoms with Crippen molar-refractivity contribution in [3.63, 3.8) is 0 Å². The molecule has 1 aliphatic heterocycles. The Kier molecular flexibility index (Phi) is 5.60. The number of nitrogens with one attached hydrogen (secondary N) is 2. The summed E-state index contributed by atoms with van der Waals surface area (Å²) >= 11 is 1.78. The molecule has 0 bridgehead atoms. The van der Waals surface area contributed by atoms with Gasteiger partial charge in [-0.1, -0.05) is 24.3 Å². The number of H-pyrrole nitrogens is 1. The number of benzene rings is 1. The molecule has 2 atom stereocenters. The largest absolute Gasteiger partial charge is 0.361 e. The molecule has 0 spiro atoms. The average molecular weight is 382 g/mol. The van der Waals surface area contributed by atoms with Crippen LogP contribution in [0.15, 0.2) is 48.0 Å². The molecule has 2 N–H and O–H groups in total. The second-order valence-corrected chi connectivity index (χ2v) is 8.35. The summed E-state index contributed by atoms with van der Waals surface area (Å²) in [5.74, 6) is 0.469. The number of aromatic nitrogens is 1. The molecule has 4 nitrogen and oxygen atoms in total. The number of hydrogen-bond acceptors (Lipinski definition) is 3. The first-order valence-electron chi connectivity index (χ1n) is 9.85. The molecule has 0 radical (unpaired) electrons. The highest BCUT2D eigenvalue weighted by molar-refractivity contribution is 7.10. The Morgan fingerprint density at radius 2 is 2.00 bits per heavy atom. The van der Waals surface area contributed by atoms with Crippen LogP contribution in [-0.4, -0.2) is 41.5 Å². The number of hydrogen-bond donors (Lipinski definition) is 2. The maximum Gasteiger partial charge on any atom is 0.239 e. The first-order chi connectivity index (χ1) is 13.2. The Bertz CT molecular complexity index is 880. The molecule has 0 saturated carbocycles. The van der Waals surface area contributed by atoms with Crippen molar-refractivity contribution in [3.05, 3.63) is 58.4 Å². The predicted octanol–water partition coefficient (Wildman–Crippen LogP) is 4.35. The van der Waals surface area contributed by atoms with Crippen molar-refractivity contribution < 1.29 is 4.79 Å². The van der Waals surface area contributed by atoms with Crippen molar-refractivity contribution in [2.45, 2.75) is 38.1 Å². The summed E-state index contributed by atoms with van der Waals surface area (Å²) in [4.78, 5) is 19.5. The Morgan fingerprint density at radius 1 is 1.19 bits per heavy atom. The second kappa shape index (κ2) is 8.28. The highest BCUT2D eigenvalue weighted by Crippen LogP contribution is 2.32. The minimum absolute atomic E-state index is 0.157. The van der Waals surface area contributed by atoms with Gasteiger partial charge < -0.3 is 15.2 Å². The number of likely N-dealkylation sites (tertiary alicyclic amines) is 1. The molecule has 27 heavy (non-hydrogen) atoms. The quantitative estimate of drug-likeness (QED) is 0.667. The van der Waals surface area contributed by atoms with Crippen molar-refractivity contribution in [1.29, 1.82) is 0 Å². The molecule has 0 aliphatic carbocycles. The number of piperidine rings is 1. The van der Waals surface area contributed by atoms with Crippen LogP contribution in [0.3, 0.4) is 0 Å². The van der Waals surface area contributed by atoms with Crippen LogP contribution < -0.4 is 5.32 Å². The first-order valence-corrected chi connectivity index (χ1v) is 10.7. The summed E-state index contributed by atoms with van der Waals surface area (Å²) in [6, 6.07) is 12.6. The molecule has 1 saturated heterocycles. The summed E-state index contributed by atoms with van der Waals surface area (Å²) in [6.07, 6.45) is 5.62. The van der Waals surface area contributed by atoms with Crippen LogP contribution >= 0.6 is 11.3 Å². The zero-order chi connectivity index (χ0) is 18.6. The van der Waals surface area contributed by atoms with Gasteiger partial charge in [0.2, 0.25) is 5.91 Å². The van der Waals surface area contributed by atoms with Gasteiger partial charge in [-0.2, -0.15) is 0 Å². The lowest BCUT2D eigenvalue weighted by Crippen LogP contribution is -2.47. The lowest BCUT2D eigenvalue weighted by atomic mass is 9.96. The van der Waals surface area contributed by atoms with E-state index in [9.17, 15) is 4.79 Å². The van der Waals surface area contributed by atoms with Crippen LogP contribution in [-0.2, 0) is 4.79 Å². The van der Waals surface area contributed by atoms with Gasteiger partial charge in [0, 0.05) is 47.5 Å². The molecular formula is C22H27N3OS. The maximum absolute atomic E-state index is 12.8. The summed E-state index contributed by atoms with van der Waals surface area (Å²) in [7, 11) is 0. The number of carbonyl (C=O) groups is 1. The molecular weight excluding hydrogens is 354 g/mol. The molecule has 1 fully saturated rings. The molecule has 3 aromatic rings. The van der Waals surface area contributed by atoms with Crippen LogP contribution in [0.4, 0.5) is 0 Å². The number of amides is 1. The van der Waals surface area contributed by atoms with Crippen LogP contribution in [0.5, 0.6) is 0 Å². The van der Waals surface area contributed by atoms with Gasteiger partial charge in [0.05, 0.1) is 6.04 Å². The highest BCUT2D eigenvalue weighted by atomic mass is 32.1. The normalized spacial score (nSPS) is 17.1. The third kappa shape index (κ3) is 3.94. The molecule has 3 heterocycles. The topological polar surface area (TPSA) is 48.1 Å². The minimum Gasteiger partial charge on any atom is -0.361 e. The standard InChI is InChI=1S/C22H27N3OS/c1-16(22(26)25-11-5-2-6-12-25)23-15-19(21-10-7-13-27-21)18-14-24-20-9-4-3-8-17(18)20/h3-4,7-10,13-14,16,19,23-24H,2,5-6,11-12,15H2,1H3/t16-,19-/m0/s1. The fraction of sp³-hybridized carbons (Fsp3) is 0.409. The maximum atomic E-state index is 12.8. The molecule has 1 amide bonds. The van der Waals surface area contributed by atoms with Gasteiger partial charge in [0.15, 0.2) is 0 Å². The molecule has 4 rings (SSSR count). The molecule has 1 aliphatic rings. The molecule has 5 heteroatoms. The Morgan fingerprint density at radius 3 is 2.78 bits per heavy atom. The Balaban J connectivity index is 1.51. The molecule has 142 valence electrons. The van der Waals surface area contributed by atoms with E-state index in [1.165, 1.54) is 22.2 Å². The Hall–Kier alpha value is -2.11. The third-order valence-electron chi connectivity index (χ3n) is 5.55. The van der Waals surface area contributed by atoms with Crippen molar-refractivity contribution in [1.82, 2.24) is 15.2 Å². The minimum atomic E-state index is -0.157. The van der Waals surface area contributed by atoms with Crippen molar-refractivity contribution in [2.75, 3.05) is 19.6 Å². The smallest absolute Gasteiger partial charge is 0.239 e. The van der Waals surface area contributed by atoms with Crippen LogP contribution in [0, 0.1) is 0 Å². The van der Waals surface area contributed by atoms with Gasteiger partial charge in [-0.25, -0.2) is 0 Å². The van der Waals surface area contributed by atoms with Crippen molar-refractivity contribution in [3.8, 4) is 0 Å². The van der Waals surface area contributed by atoms with E-state index in [1.54, 1.807) is 11.3 Å². The van der Waals surface area contributed by atoms with E-state index in [-0.39, 0.29) is 17.9 Å². The van der Waals surface area contributed by atoms with Gasteiger partial charge in [0.1, 0.15) is 0 Å². The average Bonchev–Trinajstić information content (AvgIpc) is 3.39. The molecule has 0 unspecified atom stereocenters. The van der Waals surface area contributed by atoms with Crippen molar-refractivity contribution >= 4 is 28.1 Å². The number of fused-ring (bicyclic) bond motifs is 1. The van der Waals surface area contributed by atoms with E-state index in [0.29, 0.717) is 0 Å². The van der Waals surface area contributed by atoms with E-state index < -0.39 is 0 Å². The fourth-order valence-electron chi connectivity index (χ4n) is 4.01. The highest BCUT2D eigenvalue weighted by Gasteiger charge is 2.24. The van der Waals surface area contributed by atoms with E-state index in [4.69, 9.17) is 0 Å². The second-order valence-electron chi connectivity index (χ2n) is 7.37. The summed E-state index contributed by atoms with van der Waals surface area (Å²) in [5, 5.41) is 6.90. The number of carbonyl (C=O) groups excluding carboxylic acids is 1. The SMILES string of the molecule is C[C@H](NC[C@H](c1cccs1)c1c[nH]c2ccccc12)C(=O)N1CCCCC1. The van der Waals surface area contributed by atoms with Gasteiger partial charge in [-0.3, -0.25) is 4.79 Å². The first kappa shape index (κ1) is 18.3. The van der Waals surface area contributed by atoms with E-state index in [2.05, 4.69) is 58.3 Å². The van der Waals surface area contributed by atoms with Crippen molar-refractivity contribution in [2.24, 2.45) is 0 Å². The van der Waals surface area contributed by atoms with E-state index in [0.717, 1.165) is 38.0 Å². The number of thiophene rings is 1. The van der Waals surface area contributed by atoms with Gasteiger partial charge in [-0.05, 0) is 49.3 Å². The molecule has 1 aromatic carbocycles. The lowest BCUT2D eigenvalue weighted by Gasteiger charge is -2.30. The number of nitrogens with zero attached hydrogens (tertiary/aromatic N) is 1. The summed E-state index contributed by atoms with van der Waals surface area (Å²) in [6.45, 7) is 4.56. The Labute approximate surface area is 164 Å². The van der Waals surface area contributed by atoms with Crippen LogP contribution in [0.2, 0.25) is 0 Å². The monoisotopic (exact) mass is 381 g/mol. The molecule has 2 aromatic heterocycles. The summed E-state index contributed by atoms with van der Waals surface area (Å²) < 4.78 is 0. The zero-order valence-corrected chi connectivity index (χ0v) is 16.6. The number of rotatable bonds is 6. The fourth-order valence-corrected chi connectivity index (χ4v) is 4.85. The predicted molar refractivity (Wildman–Crippen MR) is 112 cm³/mol. The lowest BCUT2D eigenvalue weighted by molar-refractivity contribution is -0.133. The van der Waals surface area contributed by atoms with E-state index >= 15 is 0 Å². The van der Waals surface area contributed by atoms with Gasteiger partial charge in [-0.15, -0.1) is 11.3 Å². The van der Waals surface area contributed by atoms with Crippen LogP contribution in [0.1, 0.15) is 42.5 Å². The summed E-state index contributed by atoms with van der Waals surface area (Å²) in [5.41, 5.74) is 2.45. The van der Waals surface area contributed by atoms with Gasteiger partial charge in [0.25, 0.3) is 0 Å². The van der Waals surface area contributed by atoms with Crippen LogP contribution in [0.25, 0.3) is 10.9 Å². The zero-order valence-electron chi connectivity index (χ0n) is 15.8. The number of para-hydroxylation sites is 1. The third-order valence-corrected chi connectivity index (χ3v) is 6.54. The van der Waals surface area contributed by atoms with E-state index in [1.807, 2.05) is 11.8 Å².